The van der Waals surface area contributed by atoms with E-state index in [9.17, 15) is 19.8 Å². The third kappa shape index (κ3) is 69.7. The number of ether oxygens (including phenoxy) is 1. The van der Waals surface area contributed by atoms with Crippen molar-refractivity contribution in [2.24, 2.45) is 0 Å². The van der Waals surface area contributed by atoms with Crippen LogP contribution in [-0.4, -0.2) is 47.4 Å². The average Bonchev–Trinajstić information content (AvgIpc) is 3.53. The Morgan fingerprint density at radius 3 is 0.810 bits per heavy atom. The molecule has 0 fully saturated rings. The average molecular weight is 1190 g/mol. The highest BCUT2D eigenvalue weighted by molar-refractivity contribution is 5.76. The molecule has 84 heavy (non-hydrogen) atoms. The Balaban J connectivity index is 3.33. The van der Waals surface area contributed by atoms with Gasteiger partial charge in [-0.15, -0.1) is 0 Å². The monoisotopic (exact) mass is 1180 g/mol. The van der Waals surface area contributed by atoms with E-state index in [0.29, 0.717) is 19.4 Å². The Labute approximate surface area is 527 Å². The number of aliphatic hydroxyl groups excluding tert-OH is 2. The summed E-state index contributed by atoms with van der Waals surface area (Å²) in [7, 11) is 0. The molecule has 0 aliphatic carbocycles. The van der Waals surface area contributed by atoms with E-state index in [4.69, 9.17) is 4.74 Å². The van der Waals surface area contributed by atoms with Crippen molar-refractivity contribution < 1.29 is 24.5 Å². The minimum absolute atomic E-state index is 0.0255. The van der Waals surface area contributed by atoms with E-state index in [1.54, 1.807) is 6.08 Å². The minimum Gasteiger partial charge on any atom is -0.466 e. The van der Waals surface area contributed by atoms with Crippen LogP contribution in [0.3, 0.4) is 0 Å². The van der Waals surface area contributed by atoms with Crippen molar-refractivity contribution in [2.75, 3.05) is 13.2 Å². The molecule has 0 aromatic heterocycles. The maximum Gasteiger partial charge on any atom is 0.305 e. The van der Waals surface area contributed by atoms with Crippen molar-refractivity contribution in [3.8, 4) is 0 Å². The number of carbonyl (C=O) groups excluding carboxylic acids is 2. The SMILES string of the molecule is CCCCCCCCCCCCCCCCCCC/C=C/C(O)C(CO)NC(=O)CCCCCCCCCCCCCCCCCCCCCCCCCCCCCCCCOC(=O)CCCCCCCCCCCCCCCCCCCC. The number of rotatable bonds is 74. The number of carbonyl (C=O) groups is 2. The smallest absolute Gasteiger partial charge is 0.305 e. The summed E-state index contributed by atoms with van der Waals surface area (Å²) in [6.45, 7) is 4.97. The van der Waals surface area contributed by atoms with Crippen LogP contribution in [0.25, 0.3) is 0 Å². The van der Waals surface area contributed by atoms with Gasteiger partial charge in [0.25, 0.3) is 0 Å². The topological polar surface area (TPSA) is 95.9 Å². The van der Waals surface area contributed by atoms with Crippen LogP contribution in [0.1, 0.15) is 450 Å². The molecule has 6 nitrogen and oxygen atoms in total. The fourth-order valence-electron chi connectivity index (χ4n) is 12.6. The minimum atomic E-state index is -0.842. The number of amides is 1. The fourth-order valence-corrected chi connectivity index (χ4v) is 12.6. The highest BCUT2D eigenvalue weighted by atomic mass is 16.5. The quantitative estimate of drug-likeness (QED) is 0.0320. The maximum atomic E-state index is 12.5. The van der Waals surface area contributed by atoms with E-state index in [2.05, 4.69) is 19.2 Å². The number of nitrogens with one attached hydrogen (secondary N) is 1. The van der Waals surface area contributed by atoms with Gasteiger partial charge in [0.1, 0.15) is 0 Å². The second-order valence-corrected chi connectivity index (χ2v) is 27.1. The van der Waals surface area contributed by atoms with Crippen molar-refractivity contribution in [2.45, 2.75) is 463 Å². The second-order valence-electron chi connectivity index (χ2n) is 27.1. The van der Waals surface area contributed by atoms with Crippen LogP contribution in [0.15, 0.2) is 12.2 Å². The molecule has 0 spiro atoms. The van der Waals surface area contributed by atoms with Gasteiger partial charge in [0.05, 0.1) is 25.4 Å². The molecule has 2 atom stereocenters. The van der Waals surface area contributed by atoms with Crippen molar-refractivity contribution in [3.05, 3.63) is 12.2 Å². The molecule has 0 aromatic rings. The molecule has 3 N–H and O–H groups in total. The predicted molar refractivity (Wildman–Crippen MR) is 370 cm³/mol. The molecular weight excluding hydrogens is 1030 g/mol. The molecule has 6 heteroatoms. The summed E-state index contributed by atoms with van der Waals surface area (Å²) in [6, 6.07) is -0.625. The summed E-state index contributed by atoms with van der Waals surface area (Å²) in [6.07, 6.45) is 93.3. The van der Waals surface area contributed by atoms with E-state index in [-0.39, 0.29) is 18.5 Å². The summed E-state index contributed by atoms with van der Waals surface area (Å²) < 4.78 is 5.52. The first kappa shape index (κ1) is 82.6. The summed E-state index contributed by atoms with van der Waals surface area (Å²) in [5.41, 5.74) is 0. The first-order valence-corrected chi connectivity index (χ1v) is 39.0. The number of esters is 1. The third-order valence-corrected chi connectivity index (χ3v) is 18.6. The molecule has 0 aliphatic heterocycles. The normalized spacial score (nSPS) is 12.5. The van der Waals surface area contributed by atoms with Gasteiger partial charge in [0.15, 0.2) is 0 Å². The number of hydrogen-bond acceptors (Lipinski definition) is 5. The summed E-state index contributed by atoms with van der Waals surface area (Å²) in [4.78, 5) is 24.7. The molecule has 0 saturated carbocycles. The first-order valence-electron chi connectivity index (χ1n) is 39.0. The van der Waals surface area contributed by atoms with E-state index in [1.807, 2.05) is 6.08 Å². The van der Waals surface area contributed by atoms with Crippen LogP contribution in [0.4, 0.5) is 0 Å². The number of aliphatic hydroxyl groups is 2. The van der Waals surface area contributed by atoms with Crippen molar-refractivity contribution in [1.82, 2.24) is 5.32 Å². The Hall–Kier alpha value is -1.40. The highest BCUT2D eigenvalue weighted by Gasteiger charge is 2.18. The van der Waals surface area contributed by atoms with E-state index in [0.717, 1.165) is 38.5 Å². The molecule has 0 rings (SSSR count). The number of hydrogen-bond donors (Lipinski definition) is 3. The lowest BCUT2D eigenvalue weighted by molar-refractivity contribution is -0.143. The highest BCUT2D eigenvalue weighted by Crippen LogP contribution is 2.20. The molecule has 0 saturated heterocycles. The van der Waals surface area contributed by atoms with Crippen molar-refractivity contribution >= 4 is 11.9 Å². The van der Waals surface area contributed by atoms with Crippen LogP contribution in [-0.2, 0) is 14.3 Å². The molecule has 0 radical (unpaired) electrons. The standard InChI is InChI=1S/C78H153NO5/c1-3-5-7-9-11-13-15-17-19-21-35-38-42-46-50-54-58-62-66-70-76(81)75(74-80)79-77(82)71-67-63-59-55-51-47-43-39-36-33-31-29-27-25-23-24-26-28-30-32-34-37-41-45-49-53-57-61-65-69-73-84-78(83)72-68-64-60-56-52-48-44-40-22-20-18-16-14-12-10-8-6-4-2/h66,70,75-76,80-81H,3-65,67-69,71-74H2,1-2H3,(H,79,82)/b70-66+. The lowest BCUT2D eigenvalue weighted by atomic mass is 10.0. The summed E-state index contributed by atoms with van der Waals surface area (Å²) >= 11 is 0. The molecule has 0 bridgehead atoms. The number of allylic oxidation sites excluding steroid dienone is 1. The molecule has 500 valence electrons. The van der Waals surface area contributed by atoms with Crippen LogP contribution < -0.4 is 5.32 Å². The Kier molecular flexibility index (Phi) is 72.8. The van der Waals surface area contributed by atoms with Gasteiger partial charge < -0.3 is 20.3 Å². The van der Waals surface area contributed by atoms with Crippen LogP contribution in [0.2, 0.25) is 0 Å². The van der Waals surface area contributed by atoms with Gasteiger partial charge in [-0.05, 0) is 32.1 Å². The van der Waals surface area contributed by atoms with Gasteiger partial charge in [-0.1, -0.05) is 418 Å². The second kappa shape index (κ2) is 74.1. The molecule has 0 heterocycles. The van der Waals surface area contributed by atoms with Crippen molar-refractivity contribution in [1.29, 1.82) is 0 Å². The molecule has 2 unspecified atom stereocenters. The lowest BCUT2D eigenvalue weighted by Crippen LogP contribution is -2.45. The molecule has 1 amide bonds. The fraction of sp³-hybridized carbons (Fsp3) is 0.949. The predicted octanol–water partition coefficient (Wildman–Crippen LogP) is 25.5. The van der Waals surface area contributed by atoms with E-state index in [1.165, 1.54) is 385 Å². The Morgan fingerprint density at radius 1 is 0.321 bits per heavy atom. The van der Waals surface area contributed by atoms with Crippen LogP contribution in [0, 0.1) is 0 Å². The van der Waals surface area contributed by atoms with Gasteiger partial charge in [-0.25, -0.2) is 0 Å². The van der Waals surface area contributed by atoms with Crippen LogP contribution in [0.5, 0.6) is 0 Å². The molecule has 0 aliphatic rings. The van der Waals surface area contributed by atoms with Gasteiger partial charge in [-0.3, -0.25) is 9.59 Å². The van der Waals surface area contributed by atoms with Crippen LogP contribution >= 0.6 is 0 Å². The van der Waals surface area contributed by atoms with E-state index >= 15 is 0 Å². The largest absolute Gasteiger partial charge is 0.466 e. The maximum absolute atomic E-state index is 12.5. The first-order chi connectivity index (χ1) is 41.5. The van der Waals surface area contributed by atoms with Crippen molar-refractivity contribution in [3.63, 3.8) is 0 Å². The zero-order valence-electron chi connectivity index (χ0n) is 57.4. The zero-order valence-corrected chi connectivity index (χ0v) is 57.4. The van der Waals surface area contributed by atoms with Gasteiger partial charge in [-0.2, -0.15) is 0 Å². The van der Waals surface area contributed by atoms with Gasteiger partial charge in [0, 0.05) is 12.8 Å². The molecule has 0 aromatic carbocycles. The summed E-state index contributed by atoms with van der Waals surface area (Å²) in [5.74, 6) is -0.0339. The molecular formula is C78H153NO5. The summed E-state index contributed by atoms with van der Waals surface area (Å²) in [5, 5.41) is 23.3. The van der Waals surface area contributed by atoms with Gasteiger partial charge in [0.2, 0.25) is 5.91 Å². The lowest BCUT2D eigenvalue weighted by Gasteiger charge is -2.20. The number of unbranched alkanes of at least 4 members (excludes halogenated alkanes) is 63. The van der Waals surface area contributed by atoms with E-state index < -0.39 is 12.1 Å². The Bertz CT molecular complexity index is 1270. The van der Waals surface area contributed by atoms with Gasteiger partial charge >= 0.3 is 5.97 Å². The third-order valence-electron chi connectivity index (χ3n) is 18.6. The Morgan fingerprint density at radius 2 is 0.548 bits per heavy atom. The zero-order chi connectivity index (χ0) is 60.6.